The third-order valence-electron chi connectivity index (χ3n) is 6.89. The zero-order valence-electron chi connectivity index (χ0n) is 19.2. The number of rotatable bonds is 4. The van der Waals surface area contributed by atoms with Gasteiger partial charge in [0.25, 0.3) is 5.91 Å². The number of anilines is 2. The number of benzene rings is 2. The summed E-state index contributed by atoms with van der Waals surface area (Å²) in [4.78, 5) is 31.4. The molecule has 2 saturated heterocycles. The maximum atomic E-state index is 12.7. The zero-order valence-corrected chi connectivity index (χ0v) is 20.0. The van der Waals surface area contributed by atoms with E-state index in [9.17, 15) is 9.59 Å². The van der Waals surface area contributed by atoms with E-state index in [0.717, 1.165) is 49.4 Å². The van der Waals surface area contributed by atoms with Gasteiger partial charge < -0.3 is 19.9 Å². The van der Waals surface area contributed by atoms with Crippen LogP contribution in [0, 0.1) is 5.92 Å². The molecule has 5 rings (SSSR count). The van der Waals surface area contributed by atoms with Gasteiger partial charge in [-0.25, -0.2) is 0 Å². The third kappa shape index (κ3) is 4.56. The molecule has 34 heavy (non-hydrogen) atoms. The Morgan fingerprint density at radius 3 is 2.65 bits per heavy atom. The lowest BCUT2D eigenvalue weighted by atomic mass is 9.98. The second kappa shape index (κ2) is 9.78. The fourth-order valence-electron chi connectivity index (χ4n) is 4.91. The molecule has 0 radical (unpaired) electrons. The van der Waals surface area contributed by atoms with Crippen molar-refractivity contribution < 1.29 is 14.3 Å². The summed E-state index contributed by atoms with van der Waals surface area (Å²) in [5.41, 5.74) is 3.48. The second-order valence-corrected chi connectivity index (χ2v) is 9.44. The molecule has 0 aliphatic carbocycles. The predicted molar refractivity (Wildman–Crippen MR) is 133 cm³/mol. The molecule has 3 aliphatic rings. The van der Waals surface area contributed by atoms with Crippen molar-refractivity contribution in [3.05, 3.63) is 70.9 Å². The molecule has 2 unspecified atom stereocenters. The Labute approximate surface area is 204 Å². The molecule has 3 aliphatic heterocycles. The number of nitrogens with one attached hydrogen (secondary N) is 1. The zero-order chi connectivity index (χ0) is 23.7. The highest BCUT2D eigenvalue weighted by atomic mass is 35.5. The van der Waals surface area contributed by atoms with Crippen LogP contribution in [0.4, 0.5) is 11.4 Å². The summed E-state index contributed by atoms with van der Waals surface area (Å²) in [5.74, 6) is -0.0898. The summed E-state index contributed by atoms with van der Waals surface area (Å²) in [5, 5.41) is 3.58. The highest BCUT2D eigenvalue weighted by Gasteiger charge is 2.30. The van der Waals surface area contributed by atoms with E-state index < -0.39 is 0 Å². The fourth-order valence-corrected chi connectivity index (χ4v) is 5.21. The van der Waals surface area contributed by atoms with Crippen LogP contribution in [0.25, 0.3) is 0 Å². The van der Waals surface area contributed by atoms with Gasteiger partial charge >= 0.3 is 0 Å². The van der Waals surface area contributed by atoms with Gasteiger partial charge in [0.15, 0.2) is 0 Å². The first kappa shape index (κ1) is 22.9. The molecular weight excluding hydrogens is 452 g/mol. The molecule has 2 fully saturated rings. The van der Waals surface area contributed by atoms with E-state index >= 15 is 0 Å². The van der Waals surface area contributed by atoms with Crippen LogP contribution >= 0.6 is 11.6 Å². The summed E-state index contributed by atoms with van der Waals surface area (Å²) < 4.78 is 5.31. The third-order valence-corrected chi connectivity index (χ3v) is 7.19. The summed E-state index contributed by atoms with van der Waals surface area (Å²) in [6.45, 7) is 4.45. The fraction of sp³-hybridized carbons (Fsp3) is 0.385. The summed E-state index contributed by atoms with van der Waals surface area (Å²) in [6, 6.07) is 13.6. The first-order chi connectivity index (χ1) is 16.5. The molecule has 1 N–H and O–H groups in total. The van der Waals surface area contributed by atoms with E-state index in [1.165, 1.54) is 0 Å². The highest BCUT2D eigenvalue weighted by Crippen LogP contribution is 2.33. The number of hydrogen-bond acceptors (Lipinski definition) is 5. The molecule has 2 aromatic carbocycles. The quantitative estimate of drug-likeness (QED) is 0.721. The van der Waals surface area contributed by atoms with Gasteiger partial charge in [-0.2, -0.15) is 0 Å². The monoisotopic (exact) mass is 480 g/mol. The average molecular weight is 481 g/mol. The van der Waals surface area contributed by atoms with E-state index in [0.29, 0.717) is 23.9 Å². The second-order valence-electron chi connectivity index (χ2n) is 9.03. The van der Waals surface area contributed by atoms with E-state index in [-0.39, 0.29) is 23.8 Å². The number of hydrogen-bond donors (Lipinski definition) is 1. The van der Waals surface area contributed by atoms with E-state index in [1.807, 2.05) is 42.6 Å². The van der Waals surface area contributed by atoms with Crippen LogP contribution < -0.4 is 10.2 Å². The van der Waals surface area contributed by atoms with Gasteiger partial charge in [0.05, 0.1) is 29.3 Å². The molecular formula is C26H29ClN4O3. The average Bonchev–Trinajstić information content (AvgIpc) is 3.36. The van der Waals surface area contributed by atoms with Gasteiger partial charge in [0.2, 0.25) is 5.91 Å². The Kier molecular flexibility index (Phi) is 6.59. The maximum Gasteiger partial charge on any atom is 0.257 e. The van der Waals surface area contributed by atoms with Crippen molar-refractivity contribution >= 4 is 34.8 Å². The molecule has 0 bridgehead atoms. The molecule has 8 heteroatoms. The van der Waals surface area contributed by atoms with E-state index in [2.05, 4.69) is 27.3 Å². The lowest BCUT2D eigenvalue weighted by Crippen LogP contribution is -2.47. The molecule has 178 valence electrons. The van der Waals surface area contributed by atoms with Crippen molar-refractivity contribution in [3.8, 4) is 0 Å². The van der Waals surface area contributed by atoms with Gasteiger partial charge in [-0.15, -0.1) is 0 Å². The van der Waals surface area contributed by atoms with Crippen molar-refractivity contribution in [2.75, 3.05) is 56.7 Å². The van der Waals surface area contributed by atoms with Crippen LogP contribution in [0.3, 0.4) is 0 Å². The maximum absolute atomic E-state index is 12.7. The Hall–Kier alpha value is -2.87. The van der Waals surface area contributed by atoms with Gasteiger partial charge in [0, 0.05) is 57.3 Å². The van der Waals surface area contributed by atoms with Crippen molar-refractivity contribution in [2.24, 2.45) is 5.92 Å². The lowest BCUT2D eigenvalue weighted by Gasteiger charge is -2.39. The largest absolute Gasteiger partial charge is 0.381 e. The lowest BCUT2D eigenvalue weighted by molar-refractivity contribution is -0.119. The molecule has 2 amide bonds. The Morgan fingerprint density at radius 2 is 1.91 bits per heavy atom. The smallest absolute Gasteiger partial charge is 0.257 e. The molecule has 3 heterocycles. The van der Waals surface area contributed by atoms with Crippen LogP contribution in [0.15, 0.2) is 54.7 Å². The van der Waals surface area contributed by atoms with Gasteiger partial charge in [-0.3, -0.25) is 14.5 Å². The topological polar surface area (TPSA) is 65.1 Å². The van der Waals surface area contributed by atoms with Gasteiger partial charge in [0.1, 0.15) is 0 Å². The molecule has 2 aromatic rings. The van der Waals surface area contributed by atoms with Crippen LogP contribution in [-0.2, 0) is 9.53 Å². The molecule has 7 nitrogen and oxygen atoms in total. The van der Waals surface area contributed by atoms with Crippen molar-refractivity contribution in [3.63, 3.8) is 0 Å². The Morgan fingerprint density at radius 1 is 1.12 bits per heavy atom. The molecule has 2 atom stereocenters. The SMILES string of the molecule is CN1C=CC(N2CCN(c3ccc(NC(=O)C4CCOC4)cc3Cl)CC2)c2ccccc2C1=O. The first-order valence-electron chi connectivity index (χ1n) is 11.7. The number of ether oxygens (including phenoxy) is 1. The van der Waals surface area contributed by atoms with Gasteiger partial charge in [-0.1, -0.05) is 29.8 Å². The number of amides is 2. The molecule has 0 saturated carbocycles. The normalized spacial score (nSPS) is 23.1. The number of carbonyl (C=O) groups excluding carboxylic acids is 2. The number of carbonyl (C=O) groups is 2. The summed E-state index contributed by atoms with van der Waals surface area (Å²) in [7, 11) is 1.80. The van der Waals surface area contributed by atoms with Crippen LogP contribution in [-0.4, -0.2) is 68.1 Å². The predicted octanol–water partition coefficient (Wildman–Crippen LogP) is 3.78. The van der Waals surface area contributed by atoms with Crippen molar-refractivity contribution in [2.45, 2.75) is 12.5 Å². The number of fused-ring (bicyclic) bond motifs is 1. The molecule has 0 aromatic heterocycles. The molecule has 0 spiro atoms. The minimum Gasteiger partial charge on any atom is -0.381 e. The van der Waals surface area contributed by atoms with Crippen LogP contribution in [0.2, 0.25) is 5.02 Å². The minimum atomic E-state index is -0.0928. The van der Waals surface area contributed by atoms with E-state index in [4.69, 9.17) is 16.3 Å². The first-order valence-corrected chi connectivity index (χ1v) is 12.1. The number of halogens is 1. The van der Waals surface area contributed by atoms with Crippen LogP contribution in [0.5, 0.6) is 0 Å². The Balaban J connectivity index is 1.25. The van der Waals surface area contributed by atoms with Gasteiger partial charge in [-0.05, 0) is 42.3 Å². The van der Waals surface area contributed by atoms with Crippen molar-refractivity contribution in [1.82, 2.24) is 9.80 Å². The summed E-state index contributed by atoms with van der Waals surface area (Å²) >= 11 is 6.63. The van der Waals surface area contributed by atoms with Crippen molar-refractivity contribution in [1.29, 1.82) is 0 Å². The number of piperazine rings is 1. The standard InChI is InChI=1S/C26H29ClN4O3/c1-29-10-8-23(20-4-2-3-5-21(20)26(29)33)30-11-13-31(14-12-30)24-7-6-19(16-22(24)27)28-25(32)18-9-15-34-17-18/h2-8,10,16,18,23H,9,11-15,17H2,1H3,(H,28,32). The van der Waals surface area contributed by atoms with Crippen LogP contribution in [0.1, 0.15) is 28.4 Å². The highest BCUT2D eigenvalue weighted by molar-refractivity contribution is 6.33. The summed E-state index contributed by atoms with van der Waals surface area (Å²) in [6.07, 6.45) is 4.74. The number of nitrogens with zero attached hydrogens (tertiary/aromatic N) is 3. The van der Waals surface area contributed by atoms with E-state index in [1.54, 1.807) is 11.9 Å². The minimum absolute atomic E-state index is 0.0178. The Bertz CT molecular complexity index is 1110.